The highest BCUT2D eigenvalue weighted by atomic mass is 19.4. The van der Waals surface area contributed by atoms with E-state index in [1.807, 2.05) is 0 Å². The summed E-state index contributed by atoms with van der Waals surface area (Å²) < 4.78 is 45.1. The number of esters is 1. The van der Waals surface area contributed by atoms with E-state index in [-0.39, 0.29) is 5.75 Å². The summed E-state index contributed by atoms with van der Waals surface area (Å²) in [5, 5.41) is 4.55. The fraction of sp³-hybridized carbons (Fsp3) is 0.111. The highest BCUT2D eigenvalue weighted by molar-refractivity contribution is 5.99. The van der Waals surface area contributed by atoms with Crippen LogP contribution >= 0.6 is 0 Å². The third kappa shape index (κ3) is 4.02. The minimum atomic E-state index is -4.73. The summed E-state index contributed by atoms with van der Waals surface area (Å²) in [4.78, 5) is 15.9. The van der Waals surface area contributed by atoms with Gasteiger partial charge < -0.3 is 14.8 Å². The predicted octanol–water partition coefficient (Wildman–Crippen LogP) is 4.66. The molecule has 0 aliphatic rings. The van der Waals surface area contributed by atoms with Crippen LogP contribution in [0.3, 0.4) is 0 Å². The molecule has 3 rings (SSSR count). The largest absolute Gasteiger partial charge is 0.573 e. The lowest BCUT2D eigenvalue weighted by Gasteiger charge is -2.11. The number of nitrogens with one attached hydrogen (secondary N) is 1. The van der Waals surface area contributed by atoms with E-state index in [1.54, 1.807) is 30.5 Å². The molecule has 0 saturated carbocycles. The van der Waals surface area contributed by atoms with E-state index in [4.69, 9.17) is 4.74 Å². The number of hydrogen-bond acceptors (Lipinski definition) is 5. The van der Waals surface area contributed by atoms with Crippen molar-refractivity contribution in [3.63, 3.8) is 0 Å². The average molecular weight is 362 g/mol. The Kier molecular flexibility index (Phi) is 4.66. The maximum absolute atomic E-state index is 12.2. The van der Waals surface area contributed by atoms with Crippen molar-refractivity contribution >= 4 is 28.2 Å². The number of halogens is 3. The first-order valence-electron chi connectivity index (χ1n) is 7.45. The van der Waals surface area contributed by atoms with Crippen LogP contribution in [0.4, 0.5) is 24.7 Å². The summed E-state index contributed by atoms with van der Waals surface area (Å²) >= 11 is 0. The number of nitrogens with zero attached hydrogens (tertiary/aromatic N) is 1. The second-order valence-corrected chi connectivity index (χ2v) is 5.28. The van der Waals surface area contributed by atoms with E-state index in [1.165, 1.54) is 31.4 Å². The maximum Gasteiger partial charge on any atom is 0.573 e. The standard InChI is InChI=1S/C18H13F3N2O3/c1-25-17(24)12-2-7-15-11(10-12)8-9-22-16(15)23-13-3-5-14(6-4-13)26-18(19,20)21/h2-10H,1H3,(H,22,23). The van der Waals surface area contributed by atoms with E-state index < -0.39 is 12.3 Å². The SMILES string of the molecule is COC(=O)c1ccc2c(Nc3ccc(OC(F)(F)F)cc3)nccc2c1. The average Bonchev–Trinajstić information content (AvgIpc) is 2.61. The summed E-state index contributed by atoms with van der Waals surface area (Å²) in [7, 11) is 1.30. The van der Waals surface area contributed by atoms with Gasteiger partial charge in [-0.2, -0.15) is 0 Å². The number of pyridine rings is 1. The molecule has 8 heteroatoms. The van der Waals surface area contributed by atoms with Crippen molar-refractivity contribution in [2.75, 3.05) is 12.4 Å². The molecule has 0 saturated heterocycles. The Morgan fingerprint density at radius 1 is 1.08 bits per heavy atom. The first kappa shape index (κ1) is 17.5. The molecule has 0 bridgehead atoms. The van der Waals surface area contributed by atoms with Crippen LogP contribution in [0.2, 0.25) is 0 Å². The first-order valence-corrected chi connectivity index (χ1v) is 7.45. The normalized spacial score (nSPS) is 11.2. The molecule has 0 aliphatic carbocycles. The summed E-state index contributed by atoms with van der Waals surface area (Å²) in [5.41, 5.74) is 0.947. The molecular formula is C18H13F3N2O3. The number of methoxy groups -OCH3 is 1. The Morgan fingerprint density at radius 2 is 1.81 bits per heavy atom. The van der Waals surface area contributed by atoms with Gasteiger partial charge in [0.1, 0.15) is 11.6 Å². The van der Waals surface area contributed by atoms with Crippen LogP contribution in [0, 0.1) is 0 Å². The van der Waals surface area contributed by atoms with E-state index in [0.29, 0.717) is 17.1 Å². The predicted molar refractivity (Wildman–Crippen MR) is 89.5 cm³/mol. The van der Waals surface area contributed by atoms with E-state index in [2.05, 4.69) is 15.0 Å². The number of aromatic nitrogens is 1. The summed E-state index contributed by atoms with van der Waals surface area (Å²) in [6.45, 7) is 0. The molecule has 0 radical (unpaired) electrons. The van der Waals surface area contributed by atoms with Gasteiger partial charge in [-0.1, -0.05) is 0 Å². The molecule has 5 nitrogen and oxygen atoms in total. The van der Waals surface area contributed by atoms with Crippen LogP contribution in [0.5, 0.6) is 5.75 Å². The molecule has 0 unspecified atom stereocenters. The molecule has 0 amide bonds. The van der Waals surface area contributed by atoms with Crippen LogP contribution < -0.4 is 10.1 Å². The summed E-state index contributed by atoms with van der Waals surface area (Å²) in [6, 6.07) is 12.1. The van der Waals surface area contributed by atoms with Gasteiger partial charge in [0, 0.05) is 17.3 Å². The van der Waals surface area contributed by atoms with Crippen molar-refractivity contribution in [3.05, 3.63) is 60.3 Å². The van der Waals surface area contributed by atoms with Crippen molar-refractivity contribution in [2.45, 2.75) is 6.36 Å². The number of fused-ring (bicyclic) bond motifs is 1. The molecule has 0 spiro atoms. The molecule has 0 fully saturated rings. The Hall–Kier alpha value is -3.29. The number of carbonyl (C=O) groups is 1. The Bertz CT molecular complexity index is 941. The van der Waals surface area contributed by atoms with Crippen LogP contribution in [0.1, 0.15) is 10.4 Å². The van der Waals surface area contributed by atoms with E-state index in [9.17, 15) is 18.0 Å². The van der Waals surface area contributed by atoms with Gasteiger partial charge in [-0.3, -0.25) is 0 Å². The minimum Gasteiger partial charge on any atom is -0.465 e. The topological polar surface area (TPSA) is 60.5 Å². The van der Waals surface area contributed by atoms with Crippen molar-refractivity contribution in [3.8, 4) is 5.75 Å². The fourth-order valence-corrected chi connectivity index (χ4v) is 2.40. The Labute approximate surface area is 146 Å². The van der Waals surface area contributed by atoms with Gasteiger partial charge >= 0.3 is 12.3 Å². The number of rotatable bonds is 4. The Balaban J connectivity index is 1.85. The van der Waals surface area contributed by atoms with Gasteiger partial charge in [0.25, 0.3) is 0 Å². The number of carbonyl (C=O) groups excluding carboxylic acids is 1. The zero-order valence-corrected chi connectivity index (χ0v) is 13.5. The fourth-order valence-electron chi connectivity index (χ4n) is 2.40. The lowest BCUT2D eigenvalue weighted by molar-refractivity contribution is -0.274. The lowest BCUT2D eigenvalue weighted by atomic mass is 10.1. The smallest absolute Gasteiger partial charge is 0.465 e. The first-order chi connectivity index (χ1) is 12.4. The van der Waals surface area contributed by atoms with Crippen molar-refractivity contribution in [2.24, 2.45) is 0 Å². The molecule has 0 aliphatic heterocycles. The van der Waals surface area contributed by atoms with Gasteiger partial charge in [-0.15, -0.1) is 13.2 Å². The van der Waals surface area contributed by atoms with Crippen LogP contribution in [0.15, 0.2) is 54.7 Å². The van der Waals surface area contributed by atoms with Crippen molar-refractivity contribution < 1.29 is 27.4 Å². The zero-order valence-electron chi connectivity index (χ0n) is 13.5. The Morgan fingerprint density at radius 3 is 2.46 bits per heavy atom. The molecule has 1 aromatic heterocycles. The van der Waals surface area contributed by atoms with Crippen molar-refractivity contribution in [1.82, 2.24) is 4.98 Å². The monoisotopic (exact) mass is 362 g/mol. The third-order valence-corrected chi connectivity index (χ3v) is 3.54. The van der Waals surface area contributed by atoms with Gasteiger partial charge in [0.15, 0.2) is 0 Å². The van der Waals surface area contributed by atoms with Crippen molar-refractivity contribution in [1.29, 1.82) is 0 Å². The molecule has 3 aromatic rings. The summed E-state index contributed by atoms with van der Waals surface area (Å²) in [6.07, 6.45) is -3.17. The van der Waals surface area contributed by atoms with Gasteiger partial charge in [0.2, 0.25) is 0 Å². The second-order valence-electron chi connectivity index (χ2n) is 5.28. The maximum atomic E-state index is 12.2. The molecule has 134 valence electrons. The van der Waals surface area contributed by atoms with Crippen LogP contribution in [-0.2, 0) is 4.74 Å². The number of alkyl halides is 3. The molecule has 0 atom stereocenters. The molecule has 1 N–H and O–H groups in total. The van der Waals surface area contributed by atoms with Gasteiger partial charge in [-0.05, 0) is 53.9 Å². The van der Waals surface area contributed by atoms with Gasteiger partial charge in [0.05, 0.1) is 12.7 Å². The molecule has 2 aromatic carbocycles. The number of anilines is 2. The quantitative estimate of drug-likeness (QED) is 0.684. The highest BCUT2D eigenvalue weighted by Crippen LogP contribution is 2.28. The third-order valence-electron chi connectivity index (χ3n) is 3.54. The van der Waals surface area contributed by atoms with Gasteiger partial charge in [-0.25, -0.2) is 9.78 Å². The molecule has 26 heavy (non-hydrogen) atoms. The highest BCUT2D eigenvalue weighted by Gasteiger charge is 2.30. The molecule has 1 heterocycles. The minimum absolute atomic E-state index is 0.309. The van der Waals surface area contributed by atoms with Crippen LogP contribution in [-0.4, -0.2) is 24.4 Å². The zero-order chi connectivity index (χ0) is 18.7. The number of benzene rings is 2. The molecular weight excluding hydrogens is 349 g/mol. The lowest BCUT2D eigenvalue weighted by Crippen LogP contribution is -2.16. The van der Waals surface area contributed by atoms with E-state index in [0.717, 1.165) is 10.8 Å². The van der Waals surface area contributed by atoms with Crippen LogP contribution in [0.25, 0.3) is 10.8 Å². The van der Waals surface area contributed by atoms with E-state index >= 15 is 0 Å². The number of hydrogen-bond donors (Lipinski definition) is 1. The second kappa shape index (κ2) is 6.91. The number of ether oxygens (including phenoxy) is 2. The summed E-state index contributed by atoms with van der Waals surface area (Å²) in [5.74, 6) is -0.251.